The van der Waals surface area contributed by atoms with Crippen molar-refractivity contribution < 1.29 is 14.3 Å². The number of carbonyl (C=O) groups is 2. The first-order valence-corrected chi connectivity index (χ1v) is 8.94. The summed E-state index contributed by atoms with van der Waals surface area (Å²) in [6.07, 6.45) is -0.895. The van der Waals surface area contributed by atoms with Crippen LogP contribution in [-0.4, -0.2) is 29.5 Å². The van der Waals surface area contributed by atoms with E-state index >= 15 is 0 Å². The van der Waals surface area contributed by atoms with Crippen LogP contribution in [-0.2, 0) is 9.53 Å². The van der Waals surface area contributed by atoms with Crippen LogP contribution in [0.2, 0.25) is 0 Å². The van der Waals surface area contributed by atoms with Gasteiger partial charge in [-0.05, 0) is 30.5 Å². The number of para-hydroxylation sites is 1. The third-order valence-electron chi connectivity index (χ3n) is 4.41. The van der Waals surface area contributed by atoms with E-state index in [4.69, 9.17) is 4.74 Å². The van der Waals surface area contributed by atoms with E-state index in [9.17, 15) is 9.59 Å². The molecular weight excluding hydrogens is 340 g/mol. The van der Waals surface area contributed by atoms with Crippen molar-refractivity contribution in [2.45, 2.75) is 25.9 Å². The van der Waals surface area contributed by atoms with Crippen LogP contribution >= 0.6 is 0 Å². The van der Waals surface area contributed by atoms with Crippen molar-refractivity contribution in [1.82, 2.24) is 10.3 Å². The van der Waals surface area contributed by atoms with Crippen molar-refractivity contribution >= 4 is 22.8 Å². The molecule has 5 nitrogen and oxygen atoms in total. The van der Waals surface area contributed by atoms with Crippen molar-refractivity contribution in [3.63, 3.8) is 0 Å². The maximum Gasteiger partial charge on any atom is 0.357 e. The van der Waals surface area contributed by atoms with Crippen molar-refractivity contribution in [2.24, 2.45) is 0 Å². The molecule has 0 spiro atoms. The molecule has 0 unspecified atom stereocenters. The van der Waals surface area contributed by atoms with E-state index in [0.29, 0.717) is 12.1 Å². The molecule has 0 bridgehead atoms. The summed E-state index contributed by atoms with van der Waals surface area (Å²) in [4.78, 5) is 28.8. The highest BCUT2D eigenvalue weighted by atomic mass is 16.5. The van der Waals surface area contributed by atoms with Crippen LogP contribution in [0.25, 0.3) is 10.9 Å². The lowest BCUT2D eigenvalue weighted by Crippen LogP contribution is -2.37. The van der Waals surface area contributed by atoms with E-state index in [-0.39, 0.29) is 17.5 Å². The Bertz CT molecular complexity index is 940. The van der Waals surface area contributed by atoms with Crippen molar-refractivity contribution in [3.05, 3.63) is 78.0 Å². The van der Waals surface area contributed by atoms with Gasteiger partial charge in [0.1, 0.15) is 5.69 Å². The van der Waals surface area contributed by atoms with Gasteiger partial charge in [-0.25, -0.2) is 9.78 Å². The normalized spacial score (nSPS) is 13.0. The number of amides is 1. The van der Waals surface area contributed by atoms with Crippen LogP contribution in [0.1, 0.15) is 35.8 Å². The monoisotopic (exact) mass is 362 g/mol. The van der Waals surface area contributed by atoms with Crippen LogP contribution < -0.4 is 5.32 Å². The Hall–Kier alpha value is -3.21. The van der Waals surface area contributed by atoms with Gasteiger partial charge in [0.25, 0.3) is 5.91 Å². The smallest absolute Gasteiger partial charge is 0.357 e. The molecule has 0 aliphatic carbocycles. The molecule has 1 amide bonds. The molecular formula is C22H22N2O3. The molecule has 2 aromatic carbocycles. The molecule has 1 heterocycles. The predicted octanol–water partition coefficient (Wildman–Crippen LogP) is 3.70. The van der Waals surface area contributed by atoms with Crippen LogP contribution in [0, 0.1) is 0 Å². The Kier molecular flexibility index (Phi) is 5.81. The van der Waals surface area contributed by atoms with Crippen molar-refractivity contribution in [3.8, 4) is 0 Å². The van der Waals surface area contributed by atoms with Gasteiger partial charge in [-0.1, -0.05) is 61.5 Å². The molecule has 0 radical (unpaired) electrons. The first-order chi connectivity index (χ1) is 13.0. The Morgan fingerprint density at radius 2 is 1.67 bits per heavy atom. The number of nitrogens with zero attached hydrogens (tertiary/aromatic N) is 1. The standard InChI is InChI=1S/C22H22N2O3/c1-15(17-8-4-3-5-9-17)14-23-21(25)16(2)27-22(26)20-13-12-18-10-6-7-11-19(18)24-20/h3-13,15-16H,14H2,1-2H3,(H,23,25)/t15-,16-/m0/s1. The lowest BCUT2D eigenvalue weighted by Gasteiger charge is -2.16. The zero-order valence-electron chi connectivity index (χ0n) is 15.4. The third kappa shape index (κ3) is 4.70. The van der Waals surface area contributed by atoms with Crippen LogP contribution in [0.15, 0.2) is 66.7 Å². The lowest BCUT2D eigenvalue weighted by molar-refractivity contribution is -0.129. The number of aromatic nitrogens is 1. The number of ether oxygens (including phenoxy) is 1. The number of nitrogens with one attached hydrogen (secondary N) is 1. The van der Waals surface area contributed by atoms with E-state index in [1.54, 1.807) is 13.0 Å². The summed E-state index contributed by atoms with van der Waals surface area (Å²) < 4.78 is 5.27. The van der Waals surface area contributed by atoms with Crippen molar-refractivity contribution in [2.75, 3.05) is 6.54 Å². The summed E-state index contributed by atoms with van der Waals surface area (Å²) in [7, 11) is 0. The van der Waals surface area contributed by atoms with E-state index in [0.717, 1.165) is 10.9 Å². The number of esters is 1. The zero-order valence-corrected chi connectivity index (χ0v) is 15.4. The van der Waals surface area contributed by atoms with Gasteiger partial charge in [-0.15, -0.1) is 0 Å². The number of rotatable bonds is 6. The van der Waals surface area contributed by atoms with Crippen molar-refractivity contribution in [1.29, 1.82) is 0 Å². The molecule has 1 N–H and O–H groups in total. The minimum Gasteiger partial charge on any atom is -0.448 e. The number of pyridine rings is 1. The molecule has 0 fully saturated rings. The predicted molar refractivity (Wildman–Crippen MR) is 104 cm³/mol. The van der Waals surface area contributed by atoms with Gasteiger partial charge in [-0.2, -0.15) is 0 Å². The summed E-state index contributed by atoms with van der Waals surface area (Å²) in [5, 5.41) is 3.77. The highest BCUT2D eigenvalue weighted by Gasteiger charge is 2.20. The van der Waals surface area contributed by atoms with Gasteiger partial charge >= 0.3 is 5.97 Å². The lowest BCUT2D eigenvalue weighted by atomic mass is 10.0. The number of fused-ring (bicyclic) bond motifs is 1. The molecule has 1 aromatic heterocycles. The molecule has 3 rings (SSSR count). The number of benzene rings is 2. The van der Waals surface area contributed by atoms with Crippen LogP contribution in [0.3, 0.4) is 0 Å². The maximum absolute atomic E-state index is 12.3. The molecule has 5 heteroatoms. The third-order valence-corrected chi connectivity index (χ3v) is 4.41. The maximum atomic E-state index is 12.3. The van der Waals surface area contributed by atoms with E-state index < -0.39 is 12.1 Å². The Morgan fingerprint density at radius 1 is 0.963 bits per heavy atom. The van der Waals surface area contributed by atoms with E-state index in [1.165, 1.54) is 0 Å². The van der Waals surface area contributed by atoms with Crippen LogP contribution in [0.4, 0.5) is 0 Å². The molecule has 0 aliphatic heterocycles. The second-order valence-electron chi connectivity index (χ2n) is 6.49. The topological polar surface area (TPSA) is 68.3 Å². The molecule has 3 aromatic rings. The molecule has 138 valence electrons. The number of carbonyl (C=O) groups excluding carboxylic acids is 2. The molecule has 0 aliphatic rings. The highest BCUT2D eigenvalue weighted by Crippen LogP contribution is 2.14. The van der Waals surface area contributed by atoms with Gasteiger partial charge in [-0.3, -0.25) is 4.79 Å². The first-order valence-electron chi connectivity index (χ1n) is 8.94. The summed E-state index contributed by atoms with van der Waals surface area (Å²) in [6.45, 7) is 4.06. The first kappa shape index (κ1) is 18.6. The fraction of sp³-hybridized carbons (Fsp3) is 0.227. The fourth-order valence-corrected chi connectivity index (χ4v) is 2.75. The summed E-state index contributed by atoms with van der Waals surface area (Å²) in [5.74, 6) is -0.772. The summed E-state index contributed by atoms with van der Waals surface area (Å²) in [6, 6.07) is 20.9. The van der Waals surface area contributed by atoms with Gasteiger partial charge in [0.2, 0.25) is 0 Å². The average Bonchev–Trinajstić information content (AvgIpc) is 2.71. The highest BCUT2D eigenvalue weighted by molar-refractivity contribution is 5.93. The second-order valence-corrected chi connectivity index (χ2v) is 6.49. The van der Waals surface area contributed by atoms with Gasteiger partial charge in [0.15, 0.2) is 6.10 Å². The SMILES string of the molecule is C[C@H](OC(=O)c1ccc2ccccc2n1)C(=O)NC[C@H](C)c1ccccc1. The van der Waals surface area contributed by atoms with Gasteiger partial charge < -0.3 is 10.1 Å². The summed E-state index contributed by atoms with van der Waals surface area (Å²) >= 11 is 0. The van der Waals surface area contributed by atoms with E-state index in [1.807, 2.05) is 67.6 Å². The van der Waals surface area contributed by atoms with Crippen LogP contribution in [0.5, 0.6) is 0 Å². The number of hydrogen-bond donors (Lipinski definition) is 1. The minimum atomic E-state index is -0.895. The zero-order chi connectivity index (χ0) is 19.2. The molecule has 0 saturated carbocycles. The second kappa shape index (κ2) is 8.45. The molecule has 0 saturated heterocycles. The van der Waals surface area contributed by atoms with Gasteiger partial charge in [0, 0.05) is 11.9 Å². The minimum absolute atomic E-state index is 0.167. The largest absolute Gasteiger partial charge is 0.448 e. The van der Waals surface area contributed by atoms with Gasteiger partial charge in [0.05, 0.1) is 5.52 Å². The average molecular weight is 362 g/mol. The Morgan fingerprint density at radius 3 is 2.44 bits per heavy atom. The van der Waals surface area contributed by atoms with E-state index in [2.05, 4.69) is 10.3 Å². The Labute approximate surface area is 158 Å². The summed E-state index contributed by atoms with van der Waals surface area (Å²) in [5.41, 5.74) is 2.04. The molecule has 27 heavy (non-hydrogen) atoms. The molecule has 2 atom stereocenters. The number of hydrogen-bond acceptors (Lipinski definition) is 4. The quantitative estimate of drug-likeness (QED) is 0.679. The fourth-order valence-electron chi connectivity index (χ4n) is 2.75. The Balaban J connectivity index is 1.56.